The zero-order valence-corrected chi connectivity index (χ0v) is 19.4. The molecule has 0 saturated carbocycles. The molecule has 0 spiro atoms. The molecule has 0 bridgehead atoms. The molecule has 0 aliphatic heterocycles. The van der Waals surface area contributed by atoms with Crippen LogP contribution in [0.2, 0.25) is 0 Å². The molecule has 2 unspecified atom stereocenters. The summed E-state index contributed by atoms with van der Waals surface area (Å²) in [6, 6.07) is 5.36. The van der Waals surface area contributed by atoms with E-state index in [-0.39, 0.29) is 16.7 Å². The third kappa shape index (κ3) is 6.49. The van der Waals surface area contributed by atoms with E-state index in [2.05, 4.69) is 6.92 Å². The van der Waals surface area contributed by atoms with E-state index in [0.717, 1.165) is 24.8 Å². The van der Waals surface area contributed by atoms with Gasteiger partial charge in [-0.05, 0) is 42.7 Å². The van der Waals surface area contributed by atoms with Crippen LogP contribution in [0.4, 0.5) is 0 Å². The highest BCUT2D eigenvalue weighted by Gasteiger charge is 2.27. The van der Waals surface area contributed by atoms with E-state index in [1.54, 1.807) is 6.07 Å². The van der Waals surface area contributed by atoms with Crippen LogP contribution in [0.25, 0.3) is 16.5 Å². The fraction of sp³-hybridized carbons (Fsp3) is 0.519. The van der Waals surface area contributed by atoms with Crippen molar-refractivity contribution in [3.05, 3.63) is 57.7 Å². The van der Waals surface area contributed by atoms with E-state index in [1.807, 2.05) is 12.1 Å². The number of benzene rings is 1. The Balaban J connectivity index is 1.62. The first-order chi connectivity index (χ1) is 15.9. The molecule has 0 amide bonds. The van der Waals surface area contributed by atoms with E-state index < -0.39 is 29.1 Å². The number of rotatable bonds is 12. The minimum Gasteiger partial charge on any atom is -0.509 e. The SMILES string of the molecule is CCCCCCCCCCCCc1ccc2c(=O)c(O)c(C3=CC(O)C(O)C(O)=C3)oc2c1. The van der Waals surface area contributed by atoms with Gasteiger partial charge in [0, 0.05) is 5.57 Å². The van der Waals surface area contributed by atoms with Gasteiger partial charge in [0.25, 0.3) is 0 Å². The van der Waals surface area contributed by atoms with E-state index in [1.165, 1.54) is 63.5 Å². The summed E-state index contributed by atoms with van der Waals surface area (Å²) in [5, 5.41) is 40.0. The summed E-state index contributed by atoms with van der Waals surface area (Å²) >= 11 is 0. The predicted octanol–water partition coefficient (Wildman–Crippen LogP) is 5.52. The quantitative estimate of drug-likeness (QED) is 0.313. The molecular formula is C27H36O6. The van der Waals surface area contributed by atoms with Gasteiger partial charge in [-0.1, -0.05) is 70.8 Å². The number of allylic oxidation sites excluding steroid dienone is 2. The average Bonchev–Trinajstić information content (AvgIpc) is 2.80. The second kappa shape index (κ2) is 12.1. The molecule has 6 heteroatoms. The zero-order chi connectivity index (χ0) is 23.8. The Morgan fingerprint density at radius 3 is 2.18 bits per heavy atom. The smallest absolute Gasteiger partial charge is 0.235 e. The third-order valence-electron chi connectivity index (χ3n) is 6.29. The maximum absolute atomic E-state index is 12.6. The number of aliphatic hydroxyl groups excluding tert-OH is 3. The van der Waals surface area contributed by atoms with Crippen molar-refractivity contribution in [1.29, 1.82) is 0 Å². The summed E-state index contributed by atoms with van der Waals surface area (Å²) in [4.78, 5) is 12.6. The molecule has 1 aromatic heterocycles. The minimum atomic E-state index is -1.45. The lowest BCUT2D eigenvalue weighted by molar-refractivity contribution is 0.0438. The second-order valence-electron chi connectivity index (χ2n) is 9.00. The molecule has 0 radical (unpaired) electrons. The summed E-state index contributed by atoms with van der Waals surface area (Å²) in [5.74, 6) is -1.19. The van der Waals surface area contributed by atoms with E-state index in [4.69, 9.17) is 4.42 Å². The molecule has 180 valence electrons. The summed E-state index contributed by atoms with van der Waals surface area (Å²) in [5.41, 5.74) is 0.952. The Bertz CT molecular complexity index is 1050. The van der Waals surface area contributed by atoms with Crippen molar-refractivity contribution in [2.75, 3.05) is 0 Å². The van der Waals surface area contributed by atoms with Crippen molar-refractivity contribution in [1.82, 2.24) is 0 Å². The number of aromatic hydroxyl groups is 1. The lowest BCUT2D eigenvalue weighted by atomic mass is 9.98. The maximum Gasteiger partial charge on any atom is 0.235 e. The first kappa shape index (κ1) is 25.1. The van der Waals surface area contributed by atoms with Gasteiger partial charge in [-0.3, -0.25) is 4.79 Å². The highest BCUT2D eigenvalue weighted by Crippen LogP contribution is 2.32. The summed E-state index contributed by atoms with van der Waals surface area (Å²) in [6.07, 6.45) is 13.2. The number of hydrogen-bond donors (Lipinski definition) is 4. The number of fused-ring (bicyclic) bond motifs is 1. The van der Waals surface area contributed by atoms with Gasteiger partial charge in [0.1, 0.15) is 23.6 Å². The zero-order valence-electron chi connectivity index (χ0n) is 19.4. The largest absolute Gasteiger partial charge is 0.509 e. The van der Waals surface area contributed by atoms with Gasteiger partial charge in [-0.2, -0.15) is 0 Å². The molecule has 0 fully saturated rings. The molecule has 0 saturated heterocycles. The molecule has 2 aromatic rings. The first-order valence-corrected chi connectivity index (χ1v) is 12.2. The van der Waals surface area contributed by atoms with Crippen molar-refractivity contribution in [2.24, 2.45) is 0 Å². The fourth-order valence-corrected chi connectivity index (χ4v) is 4.28. The highest BCUT2D eigenvalue weighted by molar-refractivity contribution is 5.84. The van der Waals surface area contributed by atoms with Crippen molar-refractivity contribution >= 4 is 16.5 Å². The fourth-order valence-electron chi connectivity index (χ4n) is 4.28. The molecule has 2 atom stereocenters. The maximum atomic E-state index is 12.6. The molecular weight excluding hydrogens is 420 g/mol. The summed E-state index contributed by atoms with van der Waals surface area (Å²) in [6.45, 7) is 2.24. The second-order valence-corrected chi connectivity index (χ2v) is 9.00. The summed E-state index contributed by atoms with van der Waals surface area (Å²) in [7, 11) is 0. The van der Waals surface area contributed by atoms with Gasteiger partial charge in [0.05, 0.1) is 5.39 Å². The molecule has 1 aromatic carbocycles. The molecule has 33 heavy (non-hydrogen) atoms. The number of aryl methyl sites for hydroxylation is 1. The lowest BCUT2D eigenvalue weighted by Crippen LogP contribution is -2.28. The summed E-state index contributed by atoms with van der Waals surface area (Å²) < 4.78 is 5.82. The molecule has 3 rings (SSSR count). The van der Waals surface area contributed by atoms with Crippen LogP contribution in [-0.4, -0.2) is 32.6 Å². The van der Waals surface area contributed by atoms with Crippen LogP contribution >= 0.6 is 0 Å². The van der Waals surface area contributed by atoms with Crippen molar-refractivity contribution in [2.45, 2.75) is 89.8 Å². The van der Waals surface area contributed by atoms with Crippen LogP contribution in [0.3, 0.4) is 0 Å². The van der Waals surface area contributed by atoms with Crippen LogP contribution < -0.4 is 5.43 Å². The van der Waals surface area contributed by atoms with Gasteiger partial charge in [0.2, 0.25) is 11.2 Å². The van der Waals surface area contributed by atoms with E-state index in [9.17, 15) is 25.2 Å². The third-order valence-corrected chi connectivity index (χ3v) is 6.29. The Labute approximate surface area is 194 Å². The van der Waals surface area contributed by atoms with Gasteiger partial charge in [-0.25, -0.2) is 0 Å². The molecule has 1 heterocycles. The van der Waals surface area contributed by atoms with Gasteiger partial charge in [-0.15, -0.1) is 0 Å². The van der Waals surface area contributed by atoms with E-state index >= 15 is 0 Å². The highest BCUT2D eigenvalue weighted by atomic mass is 16.4. The number of aliphatic hydroxyl groups is 3. The Morgan fingerprint density at radius 1 is 0.909 bits per heavy atom. The standard InChI is InChI=1S/C27H36O6/c1-2-3-4-5-6-7-8-9-10-11-12-18-13-14-20-23(15-18)33-27(26(32)24(20)30)19-16-21(28)25(31)22(29)17-19/h13-17,21,25,28-29,31-32H,2-12H2,1H3. The van der Waals surface area contributed by atoms with Crippen LogP contribution in [-0.2, 0) is 6.42 Å². The topological polar surface area (TPSA) is 111 Å². The average molecular weight is 457 g/mol. The minimum absolute atomic E-state index is 0.138. The van der Waals surface area contributed by atoms with Gasteiger partial charge < -0.3 is 24.8 Å². The van der Waals surface area contributed by atoms with Crippen molar-refractivity contribution in [3.8, 4) is 5.75 Å². The van der Waals surface area contributed by atoms with Crippen molar-refractivity contribution < 1.29 is 24.8 Å². The molecule has 1 aliphatic carbocycles. The molecule has 4 N–H and O–H groups in total. The number of unbranched alkanes of at least 4 members (excludes halogenated alkanes) is 9. The predicted molar refractivity (Wildman–Crippen MR) is 130 cm³/mol. The van der Waals surface area contributed by atoms with Crippen LogP contribution in [0, 0.1) is 0 Å². The monoisotopic (exact) mass is 456 g/mol. The Morgan fingerprint density at radius 2 is 1.55 bits per heavy atom. The van der Waals surface area contributed by atoms with Crippen LogP contribution in [0.1, 0.15) is 82.5 Å². The molecule has 6 nitrogen and oxygen atoms in total. The Hall–Kier alpha value is -2.57. The molecule has 1 aliphatic rings. The normalized spacial score (nSPS) is 18.4. The van der Waals surface area contributed by atoms with Crippen LogP contribution in [0.15, 0.2) is 45.3 Å². The van der Waals surface area contributed by atoms with E-state index in [0.29, 0.717) is 5.58 Å². The number of hydrogen-bond acceptors (Lipinski definition) is 6. The van der Waals surface area contributed by atoms with Crippen LogP contribution in [0.5, 0.6) is 5.75 Å². The lowest BCUT2D eigenvalue weighted by Gasteiger charge is -2.20. The first-order valence-electron chi connectivity index (χ1n) is 12.2. The van der Waals surface area contributed by atoms with Gasteiger partial charge >= 0.3 is 0 Å². The Kier molecular flexibility index (Phi) is 9.15. The van der Waals surface area contributed by atoms with Gasteiger partial charge in [0.15, 0.2) is 5.76 Å². The van der Waals surface area contributed by atoms with Crippen molar-refractivity contribution in [3.63, 3.8) is 0 Å².